The van der Waals surface area contributed by atoms with E-state index in [9.17, 15) is 14.0 Å². The molecule has 2 aromatic carbocycles. The second kappa shape index (κ2) is 8.33. The van der Waals surface area contributed by atoms with Gasteiger partial charge < -0.3 is 15.0 Å². The van der Waals surface area contributed by atoms with Gasteiger partial charge in [-0.2, -0.15) is 0 Å². The summed E-state index contributed by atoms with van der Waals surface area (Å²) in [6.07, 6.45) is 2.04. The zero-order valence-electron chi connectivity index (χ0n) is 16.4. The maximum Gasteiger partial charge on any atom is 0.254 e. The lowest BCUT2D eigenvalue weighted by atomic mass is 9.93. The molecule has 6 heteroatoms. The average molecular weight is 396 g/mol. The van der Waals surface area contributed by atoms with Gasteiger partial charge in [-0.25, -0.2) is 4.39 Å². The highest BCUT2D eigenvalue weighted by molar-refractivity contribution is 5.98. The molecular weight excluding hydrogens is 371 g/mol. The molecule has 2 atom stereocenters. The van der Waals surface area contributed by atoms with E-state index in [1.165, 1.54) is 12.1 Å². The Bertz CT molecular complexity index is 878. The van der Waals surface area contributed by atoms with Crippen LogP contribution in [-0.2, 0) is 9.53 Å². The maximum atomic E-state index is 13.2. The molecule has 2 fully saturated rings. The highest BCUT2D eigenvalue weighted by Gasteiger charge is 2.37. The van der Waals surface area contributed by atoms with Crippen LogP contribution in [0.5, 0.6) is 0 Å². The van der Waals surface area contributed by atoms with Crippen molar-refractivity contribution in [3.05, 3.63) is 65.5 Å². The molecule has 1 saturated heterocycles. The zero-order chi connectivity index (χ0) is 20.4. The van der Waals surface area contributed by atoms with Crippen LogP contribution in [0.1, 0.15) is 41.6 Å². The summed E-state index contributed by atoms with van der Waals surface area (Å²) >= 11 is 0. The molecule has 2 unspecified atom stereocenters. The van der Waals surface area contributed by atoms with Gasteiger partial charge in [0, 0.05) is 24.3 Å². The van der Waals surface area contributed by atoms with Crippen molar-refractivity contribution in [3.63, 3.8) is 0 Å². The van der Waals surface area contributed by atoms with E-state index < -0.39 is 0 Å². The number of carbonyl (C=O) groups is 2. The van der Waals surface area contributed by atoms with Crippen LogP contribution >= 0.6 is 0 Å². The minimum atomic E-state index is -0.307. The number of anilines is 1. The van der Waals surface area contributed by atoms with Gasteiger partial charge in [-0.3, -0.25) is 9.59 Å². The predicted octanol–water partition coefficient (Wildman–Crippen LogP) is 3.82. The number of hydrogen-bond donors (Lipinski definition) is 1. The van der Waals surface area contributed by atoms with Crippen molar-refractivity contribution in [1.82, 2.24) is 4.90 Å². The van der Waals surface area contributed by atoms with Gasteiger partial charge in [0.2, 0.25) is 5.91 Å². The molecule has 1 aliphatic carbocycles. The minimum Gasteiger partial charge on any atom is -0.375 e. The molecule has 2 aromatic rings. The molecule has 2 amide bonds. The fraction of sp³-hybridized carbons (Fsp3) is 0.391. The lowest BCUT2D eigenvalue weighted by Gasteiger charge is -2.31. The largest absolute Gasteiger partial charge is 0.375 e. The van der Waals surface area contributed by atoms with E-state index in [2.05, 4.69) is 5.32 Å². The zero-order valence-corrected chi connectivity index (χ0v) is 16.4. The van der Waals surface area contributed by atoms with Gasteiger partial charge in [0.25, 0.3) is 5.91 Å². The number of morpholine rings is 1. The monoisotopic (exact) mass is 396 g/mol. The van der Waals surface area contributed by atoms with Crippen molar-refractivity contribution in [3.8, 4) is 0 Å². The Balaban J connectivity index is 1.43. The first-order valence-corrected chi connectivity index (χ1v) is 10.1. The Kier molecular flexibility index (Phi) is 5.62. The Morgan fingerprint density at radius 1 is 1.10 bits per heavy atom. The van der Waals surface area contributed by atoms with Crippen LogP contribution in [0, 0.1) is 11.7 Å². The number of rotatable bonds is 5. The van der Waals surface area contributed by atoms with E-state index in [4.69, 9.17) is 4.74 Å². The number of amides is 2. The minimum absolute atomic E-state index is 0.0276. The SMILES string of the molecule is CC1CN(C(=O)c2ccc(NC(=O)C(c3ccc(F)cc3)C3CC3)cc2)CCO1. The summed E-state index contributed by atoms with van der Waals surface area (Å²) in [4.78, 5) is 27.3. The number of hydrogen-bond acceptors (Lipinski definition) is 3. The lowest BCUT2D eigenvalue weighted by Crippen LogP contribution is -2.44. The van der Waals surface area contributed by atoms with E-state index in [-0.39, 0.29) is 29.7 Å². The highest BCUT2D eigenvalue weighted by Crippen LogP contribution is 2.43. The molecule has 0 bridgehead atoms. The van der Waals surface area contributed by atoms with Crippen molar-refractivity contribution < 1.29 is 18.7 Å². The molecule has 29 heavy (non-hydrogen) atoms. The highest BCUT2D eigenvalue weighted by atomic mass is 19.1. The fourth-order valence-electron chi connectivity index (χ4n) is 3.84. The van der Waals surface area contributed by atoms with Gasteiger partial charge in [0.1, 0.15) is 5.82 Å². The average Bonchev–Trinajstić information content (AvgIpc) is 3.55. The Morgan fingerprint density at radius 3 is 2.41 bits per heavy atom. The molecule has 152 valence electrons. The van der Waals surface area contributed by atoms with Crippen LogP contribution in [0.4, 0.5) is 10.1 Å². The van der Waals surface area contributed by atoms with Crippen LogP contribution in [0.2, 0.25) is 0 Å². The summed E-state index contributed by atoms with van der Waals surface area (Å²) < 4.78 is 18.7. The van der Waals surface area contributed by atoms with Crippen LogP contribution in [0.3, 0.4) is 0 Å². The smallest absolute Gasteiger partial charge is 0.254 e. The molecule has 1 saturated carbocycles. The molecule has 5 nitrogen and oxygen atoms in total. The third-order valence-electron chi connectivity index (χ3n) is 5.53. The molecule has 1 N–H and O–H groups in total. The second-order valence-corrected chi connectivity index (χ2v) is 7.87. The van der Waals surface area contributed by atoms with Crippen LogP contribution < -0.4 is 5.32 Å². The number of nitrogens with zero attached hydrogens (tertiary/aromatic N) is 1. The summed E-state index contributed by atoms with van der Waals surface area (Å²) in [7, 11) is 0. The Labute approximate surface area is 169 Å². The molecule has 2 aliphatic rings. The van der Waals surface area contributed by atoms with Gasteiger partial charge in [0.15, 0.2) is 0 Å². The van der Waals surface area contributed by atoms with Gasteiger partial charge in [0.05, 0.1) is 18.6 Å². The van der Waals surface area contributed by atoms with Crippen molar-refractivity contribution in [2.24, 2.45) is 5.92 Å². The quantitative estimate of drug-likeness (QED) is 0.836. The normalized spacial score (nSPS) is 20.2. The number of benzene rings is 2. The van der Waals surface area contributed by atoms with E-state index in [0.29, 0.717) is 36.9 Å². The van der Waals surface area contributed by atoms with Crippen molar-refractivity contribution >= 4 is 17.5 Å². The molecule has 1 heterocycles. The first-order valence-electron chi connectivity index (χ1n) is 10.1. The van der Waals surface area contributed by atoms with E-state index in [1.807, 2.05) is 6.92 Å². The maximum absolute atomic E-state index is 13.2. The van der Waals surface area contributed by atoms with Gasteiger partial charge >= 0.3 is 0 Å². The summed E-state index contributed by atoms with van der Waals surface area (Å²) in [5.41, 5.74) is 2.07. The number of halogens is 1. The summed E-state index contributed by atoms with van der Waals surface area (Å²) in [5.74, 6) is -0.421. The number of carbonyl (C=O) groups excluding carboxylic acids is 2. The van der Waals surface area contributed by atoms with Crippen LogP contribution in [0.15, 0.2) is 48.5 Å². The molecule has 1 aliphatic heterocycles. The predicted molar refractivity (Wildman–Crippen MR) is 108 cm³/mol. The third-order valence-corrected chi connectivity index (χ3v) is 5.53. The Hall–Kier alpha value is -2.73. The molecular formula is C23H25FN2O3. The van der Waals surface area contributed by atoms with Crippen LogP contribution in [-0.4, -0.2) is 42.5 Å². The van der Waals surface area contributed by atoms with Gasteiger partial charge in [-0.05, 0) is 67.6 Å². The summed E-state index contributed by atoms with van der Waals surface area (Å²) in [5, 5.41) is 2.95. The van der Waals surface area contributed by atoms with Crippen LogP contribution in [0.25, 0.3) is 0 Å². The second-order valence-electron chi connectivity index (χ2n) is 7.87. The first kappa shape index (κ1) is 19.6. The third kappa shape index (κ3) is 4.65. The summed E-state index contributed by atoms with van der Waals surface area (Å²) in [6, 6.07) is 13.1. The molecule has 0 spiro atoms. The number of nitrogens with one attached hydrogen (secondary N) is 1. The van der Waals surface area contributed by atoms with Crippen molar-refractivity contribution in [2.45, 2.75) is 31.8 Å². The fourth-order valence-corrected chi connectivity index (χ4v) is 3.84. The standard InChI is InChI=1S/C23H25FN2O3/c1-15-14-26(12-13-29-15)23(28)18-6-10-20(11-7-18)25-22(27)21(16-2-3-16)17-4-8-19(24)9-5-17/h4-11,15-16,21H,2-3,12-14H2,1H3,(H,25,27). The molecule has 0 aromatic heterocycles. The lowest BCUT2D eigenvalue weighted by molar-refractivity contribution is -0.118. The molecule has 4 rings (SSSR count). The van der Waals surface area contributed by atoms with E-state index in [0.717, 1.165) is 18.4 Å². The number of ether oxygens (including phenoxy) is 1. The molecule has 0 radical (unpaired) electrons. The topological polar surface area (TPSA) is 58.6 Å². The Morgan fingerprint density at radius 2 is 1.79 bits per heavy atom. The van der Waals surface area contributed by atoms with Gasteiger partial charge in [-0.1, -0.05) is 12.1 Å². The first-order chi connectivity index (χ1) is 14.0. The summed E-state index contributed by atoms with van der Waals surface area (Å²) in [6.45, 7) is 3.67. The van der Waals surface area contributed by atoms with Crippen molar-refractivity contribution in [1.29, 1.82) is 0 Å². The van der Waals surface area contributed by atoms with Gasteiger partial charge in [-0.15, -0.1) is 0 Å². The van der Waals surface area contributed by atoms with E-state index in [1.54, 1.807) is 41.3 Å². The van der Waals surface area contributed by atoms with E-state index >= 15 is 0 Å². The van der Waals surface area contributed by atoms with Crippen molar-refractivity contribution in [2.75, 3.05) is 25.0 Å².